The summed E-state index contributed by atoms with van der Waals surface area (Å²) in [5.41, 5.74) is 0.502. The van der Waals surface area contributed by atoms with Gasteiger partial charge in [0.05, 0.1) is 8.07 Å². The summed E-state index contributed by atoms with van der Waals surface area (Å²) in [7, 11) is -1.00. The van der Waals surface area contributed by atoms with Gasteiger partial charge in [-0.3, -0.25) is 0 Å². The third kappa shape index (κ3) is 3.70. The molecule has 0 radical (unpaired) electrons. The molecule has 0 amide bonds. The summed E-state index contributed by atoms with van der Waals surface area (Å²) in [5.74, 6) is 0. The Labute approximate surface area is 59.4 Å². The van der Waals surface area contributed by atoms with Gasteiger partial charge in [0.2, 0.25) is 0 Å². The van der Waals surface area contributed by atoms with Crippen LogP contribution in [-0.2, 0) is 4.74 Å². The van der Waals surface area contributed by atoms with Gasteiger partial charge in [-0.2, -0.15) is 0 Å². The average molecular weight is 146 g/mol. The number of ether oxygens (including phenoxy) is 1. The van der Waals surface area contributed by atoms with Crippen molar-refractivity contribution in [3.05, 3.63) is 0 Å². The van der Waals surface area contributed by atoms with E-state index in [0.717, 1.165) is 6.61 Å². The highest BCUT2D eigenvalue weighted by Gasteiger charge is 2.21. The van der Waals surface area contributed by atoms with Gasteiger partial charge in [0.1, 0.15) is 0 Å². The third-order valence-corrected chi connectivity index (χ3v) is 4.24. The molecule has 0 bridgehead atoms. The highest BCUT2D eigenvalue weighted by Crippen LogP contribution is 2.09. The Morgan fingerprint density at radius 2 is 1.78 bits per heavy atom. The number of hydrogen-bond donors (Lipinski definition) is 0. The van der Waals surface area contributed by atoms with E-state index in [9.17, 15) is 0 Å². The van der Waals surface area contributed by atoms with Gasteiger partial charge < -0.3 is 4.74 Å². The van der Waals surface area contributed by atoms with Crippen LogP contribution >= 0.6 is 0 Å². The van der Waals surface area contributed by atoms with Crippen LogP contribution in [0.25, 0.3) is 0 Å². The molecule has 0 aromatic rings. The van der Waals surface area contributed by atoms with Crippen LogP contribution in [0.15, 0.2) is 0 Å². The standard InChI is InChI=1S/C7H18OSi/c1-6-8-7(2)9(3,4)5/h7H,6H2,1-5H3. The van der Waals surface area contributed by atoms with Gasteiger partial charge in [0, 0.05) is 12.3 Å². The van der Waals surface area contributed by atoms with Crippen LogP contribution in [0.1, 0.15) is 13.8 Å². The Morgan fingerprint density at radius 3 is 1.89 bits per heavy atom. The topological polar surface area (TPSA) is 9.23 Å². The summed E-state index contributed by atoms with van der Waals surface area (Å²) in [6.07, 6.45) is 0. The van der Waals surface area contributed by atoms with Gasteiger partial charge in [-0.1, -0.05) is 19.6 Å². The lowest BCUT2D eigenvalue weighted by atomic mass is 10.8. The molecule has 0 aliphatic rings. The van der Waals surface area contributed by atoms with E-state index < -0.39 is 8.07 Å². The van der Waals surface area contributed by atoms with Crippen LogP contribution in [0.3, 0.4) is 0 Å². The van der Waals surface area contributed by atoms with Crippen LogP contribution in [0.2, 0.25) is 19.6 Å². The van der Waals surface area contributed by atoms with Crippen molar-refractivity contribution in [3.8, 4) is 0 Å². The lowest BCUT2D eigenvalue weighted by Crippen LogP contribution is -2.37. The Balaban J connectivity index is 3.59. The molecule has 2 heteroatoms. The monoisotopic (exact) mass is 146 g/mol. The van der Waals surface area contributed by atoms with Gasteiger partial charge >= 0.3 is 0 Å². The second-order valence-corrected chi connectivity index (χ2v) is 9.01. The largest absolute Gasteiger partial charge is 0.382 e. The summed E-state index contributed by atoms with van der Waals surface area (Å²) in [5, 5.41) is 0. The highest BCUT2D eigenvalue weighted by atomic mass is 28.3. The summed E-state index contributed by atoms with van der Waals surface area (Å²) >= 11 is 0. The number of hydrogen-bond acceptors (Lipinski definition) is 1. The van der Waals surface area contributed by atoms with E-state index in [4.69, 9.17) is 4.74 Å². The maximum absolute atomic E-state index is 5.47. The van der Waals surface area contributed by atoms with Crippen molar-refractivity contribution < 1.29 is 4.74 Å². The molecule has 0 saturated carbocycles. The first kappa shape index (κ1) is 9.18. The first-order valence-corrected chi connectivity index (χ1v) is 7.17. The van der Waals surface area contributed by atoms with E-state index in [-0.39, 0.29) is 0 Å². The van der Waals surface area contributed by atoms with Crippen molar-refractivity contribution in [3.63, 3.8) is 0 Å². The molecule has 9 heavy (non-hydrogen) atoms. The van der Waals surface area contributed by atoms with Crippen LogP contribution in [-0.4, -0.2) is 20.4 Å². The predicted molar refractivity (Wildman–Crippen MR) is 44.4 cm³/mol. The second kappa shape index (κ2) is 3.37. The smallest absolute Gasteiger partial charge is 0.0781 e. The molecular formula is C7H18OSi. The molecule has 56 valence electrons. The maximum atomic E-state index is 5.47. The fraction of sp³-hybridized carbons (Fsp3) is 1.00. The van der Waals surface area contributed by atoms with Crippen LogP contribution < -0.4 is 0 Å². The summed E-state index contributed by atoms with van der Waals surface area (Å²) in [6.45, 7) is 12.1. The van der Waals surface area contributed by atoms with Crippen molar-refractivity contribution >= 4 is 8.07 Å². The first-order valence-electron chi connectivity index (χ1n) is 3.60. The molecule has 0 aliphatic carbocycles. The molecule has 1 unspecified atom stereocenters. The third-order valence-electron chi connectivity index (χ3n) is 1.64. The summed E-state index contributed by atoms with van der Waals surface area (Å²) in [4.78, 5) is 0. The minimum atomic E-state index is -1.00. The van der Waals surface area contributed by atoms with Gasteiger partial charge in [-0.05, 0) is 13.8 Å². The van der Waals surface area contributed by atoms with Gasteiger partial charge in [-0.25, -0.2) is 0 Å². The fourth-order valence-electron chi connectivity index (χ4n) is 0.500. The molecule has 0 aromatic heterocycles. The quantitative estimate of drug-likeness (QED) is 0.555. The van der Waals surface area contributed by atoms with Crippen molar-refractivity contribution in [1.29, 1.82) is 0 Å². The van der Waals surface area contributed by atoms with Crippen molar-refractivity contribution in [2.75, 3.05) is 6.61 Å². The van der Waals surface area contributed by atoms with Gasteiger partial charge in [0.15, 0.2) is 0 Å². The van der Waals surface area contributed by atoms with E-state index in [1.165, 1.54) is 0 Å². The molecule has 0 aromatic carbocycles. The van der Waals surface area contributed by atoms with E-state index in [2.05, 4.69) is 33.5 Å². The van der Waals surface area contributed by atoms with Gasteiger partial charge in [0.25, 0.3) is 0 Å². The molecular weight excluding hydrogens is 128 g/mol. The minimum absolute atomic E-state index is 0.502. The van der Waals surface area contributed by atoms with E-state index in [1.54, 1.807) is 0 Å². The lowest BCUT2D eigenvalue weighted by molar-refractivity contribution is 0.124. The first-order chi connectivity index (χ1) is 3.98. The molecule has 0 N–H and O–H groups in total. The second-order valence-electron chi connectivity index (χ2n) is 3.46. The zero-order chi connectivity index (χ0) is 7.49. The fourth-order valence-corrected chi connectivity index (χ4v) is 1.17. The van der Waals surface area contributed by atoms with E-state index >= 15 is 0 Å². The lowest BCUT2D eigenvalue weighted by Gasteiger charge is -2.24. The number of rotatable bonds is 3. The molecule has 0 spiro atoms. The molecule has 0 heterocycles. The Kier molecular flexibility index (Phi) is 3.44. The molecule has 0 rings (SSSR count). The van der Waals surface area contributed by atoms with Crippen molar-refractivity contribution in [1.82, 2.24) is 0 Å². The molecule has 0 saturated heterocycles. The highest BCUT2D eigenvalue weighted by molar-refractivity contribution is 6.77. The van der Waals surface area contributed by atoms with Gasteiger partial charge in [-0.15, -0.1) is 0 Å². The zero-order valence-corrected chi connectivity index (χ0v) is 8.19. The zero-order valence-electron chi connectivity index (χ0n) is 7.19. The summed E-state index contributed by atoms with van der Waals surface area (Å²) in [6, 6.07) is 0. The Morgan fingerprint density at radius 1 is 1.33 bits per heavy atom. The molecule has 1 nitrogen and oxygen atoms in total. The van der Waals surface area contributed by atoms with Crippen LogP contribution in [0.4, 0.5) is 0 Å². The van der Waals surface area contributed by atoms with Crippen LogP contribution in [0.5, 0.6) is 0 Å². The van der Waals surface area contributed by atoms with Crippen LogP contribution in [0, 0.1) is 0 Å². The maximum Gasteiger partial charge on any atom is 0.0781 e. The molecule has 0 aliphatic heterocycles. The predicted octanol–water partition coefficient (Wildman–Crippen LogP) is 2.29. The Bertz CT molecular complexity index is 75.5. The summed E-state index contributed by atoms with van der Waals surface area (Å²) < 4.78 is 5.47. The van der Waals surface area contributed by atoms with Crippen molar-refractivity contribution in [2.45, 2.75) is 39.2 Å². The van der Waals surface area contributed by atoms with E-state index in [1.807, 2.05) is 0 Å². The Hall–Kier alpha value is 0.177. The SMILES string of the molecule is CCOC(C)[Si](C)(C)C. The molecule has 1 atom stereocenters. The minimum Gasteiger partial charge on any atom is -0.382 e. The normalized spacial score (nSPS) is 15.7. The average Bonchev–Trinajstić information content (AvgIpc) is 1.64. The molecule has 0 fully saturated rings. The van der Waals surface area contributed by atoms with Crippen molar-refractivity contribution in [2.24, 2.45) is 0 Å². The van der Waals surface area contributed by atoms with E-state index in [0.29, 0.717) is 5.73 Å².